The molecule has 2 amide bonds. The van der Waals surface area contributed by atoms with E-state index in [9.17, 15) is 9.59 Å². The van der Waals surface area contributed by atoms with Gasteiger partial charge in [0.05, 0.1) is 13.0 Å². The van der Waals surface area contributed by atoms with E-state index in [4.69, 9.17) is 16.3 Å². The molecule has 7 heteroatoms. The second-order valence-electron chi connectivity index (χ2n) is 9.51. The van der Waals surface area contributed by atoms with E-state index in [1.165, 1.54) is 6.42 Å². The lowest BCUT2D eigenvalue weighted by Crippen LogP contribution is -2.48. The van der Waals surface area contributed by atoms with Gasteiger partial charge in [-0.05, 0) is 68.0 Å². The lowest BCUT2D eigenvalue weighted by atomic mass is 9.75. The lowest BCUT2D eigenvalue weighted by Gasteiger charge is -2.42. The highest BCUT2D eigenvalue weighted by Crippen LogP contribution is 2.37. The zero-order chi connectivity index (χ0) is 24.0. The number of likely N-dealkylation sites (tertiary alicyclic amines) is 2. The molecule has 0 atom stereocenters. The van der Waals surface area contributed by atoms with Crippen LogP contribution in [0.2, 0.25) is 5.02 Å². The van der Waals surface area contributed by atoms with Gasteiger partial charge in [-0.15, -0.1) is 0 Å². The van der Waals surface area contributed by atoms with Gasteiger partial charge in [-0.1, -0.05) is 45.7 Å². The maximum absolute atomic E-state index is 13.2. The lowest BCUT2D eigenvalue weighted by molar-refractivity contribution is -0.138. The number of ether oxygens (including phenoxy) is 1. The van der Waals surface area contributed by atoms with E-state index in [-0.39, 0.29) is 17.2 Å². The van der Waals surface area contributed by atoms with Crippen molar-refractivity contribution in [2.24, 2.45) is 5.41 Å². The van der Waals surface area contributed by atoms with Crippen LogP contribution < -0.4 is 4.74 Å². The fraction of sp³-hybridized carbons (Fsp3) is 0.481. The summed E-state index contributed by atoms with van der Waals surface area (Å²) in [5, 5.41) is 0.666. The van der Waals surface area contributed by atoms with E-state index < -0.39 is 0 Å². The summed E-state index contributed by atoms with van der Waals surface area (Å²) in [4.78, 5) is 30.1. The molecule has 0 aliphatic carbocycles. The largest absolute Gasteiger partial charge is 0.493 e. The molecule has 0 saturated carbocycles. The van der Waals surface area contributed by atoms with E-state index in [0.29, 0.717) is 37.6 Å². The van der Waals surface area contributed by atoms with Crippen molar-refractivity contribution in [1.29, 1.82) is 0 Å². The first-order valence-electron chi connectivity index (χ1n) is 12.1. The molecule has 182 valence electrons. The SMILES string of the molecule is O=C(Cc1ccccc1Br)N1CCC(COc2ccc(Cl)cc2)(CC(=O)N2CCCCC2)CC1. The molecular weight excluding hydrogens is 516 g/mol. The molecule has 34 heavy (non-hydrogen) atoms. The van der Waals surface area contributed by atoms with Crippen LogP contribution in [0.5, 0.6) is 5.75 Å². The average molecular weight is 548 g/mol. The quantitative estimate of drug-likeness (QED) is 0.444. The summed E-state index contributed by atoms with van der Waals surface area (Å²) in [5.74, 6) is 1.09. The molecule has 2 fully saturated rings. The summed E-state index contributed by atoms with van der Waals surface area (Å²) in [7, 11) is 0. The molecule has 2 aliphatic heterocycles. The van der Waals surface area contributed by atoms with E-state index >= 15 is 0 Å². The van der Waals surface area contributed by atoms with Gasteiger partial charge < -0.3 is 14.5 Å². The van der Waals surface area contributed by atoms with Crippen molar-refractivity contribution in [2.45, 2.75) is 44.9 Å². The fourth-order valence-electron chi connectivity index (χ4n) is 4.86. The van der Waals surface area contributed by atoms with E-state index in [2.05, 4.69) is 15.9 Å². The van der Waals surface area contributed by atoms with E-state index in [1.54, 1.807) is 0 Å². The van der Waals surface area contributed by atoms with Gasteiger partial charge in [0.25, 0.3) is 0 Å². The van der Waals surface area contributed by atoms with Crippen LogP contribution in [0.1, 0.15) is 44.1 Å². The van der Waals surface area contributed by atoms with Gasteiger partial charge in [-0.3, -0.25) is 9.59 Å². The second-order valence-corrected chi connectivity index (χ2v) is 10.8. The summed E-state index contributed by atoms with van der Waals surface area (Å²) in [6.45, 7) is 3.44. The number of amides is 2. The Kier molecular flexibility index (Phi) is 8.54. The summed E-state index contributed by atoms with van der Waals surface area (Å²) in [6.07, 6.45) is 5.71. The molecule has 0 N–H and O–H groups in total. The Bertz CT molecular complexity index is 984. The molecule has 2 aliphatic rings. The normalized spacial score (nSPS) is 17.9. The van der Waals surface area contributed by atoms with Crippen LogP contribution in [0.3, 0.4) is 0 Å². The highest BCUT2D eigenvalue weighted by atomic mass is 79.9. The molecule has 0 bridgehead atoms. The maximum atomic E-state index is 13.2. The van der Waals surface area contributed by atoms with Crippen molar-refractivity contribution >= 4 is 39.3 Å². The minimum atomic E-state index is -0.279. The van der Waals surface area contributed by atoms with Crippen molar-refractivity contribution in [3.63, 3.8) is 0 Å². The van der Waals surface area contributed by atoms with Crippen molar-refractivity contribution < 1.29 is 14.3 Å². The predicted octanol–water partition coefficient (Wildman–Crippen LogP) is 5.74. The highest BCUT2D eigenvalue weighted by molar-refractivity contribution is 9.10. The molecule has 2 saturated heterocycles. The molecule has 4 rings (SSSR count). The van der Waals surface area contributed by atoms with Crippen LogP contribution >= 0.6 is 27.5 Å². The van der Waals surface area contributed by atoms with Crippen LogP contribution in [0, 0.1) is 5.41 Å². The molecule has 0 spiro atoms. The van der Waals surface area contributed by atoms with Crippen molar-refractivity contribution in [1.82, 2.24) is 9.80 Å². The third kappa shape index (κ3) is 6.54. The van der Waals surface area contributed by atoms with Gasteiger partial charge in [0.15, 0.2) is 0 Å². The number of carbonyl (C=O) groups excluding carboxylic acids is 2. The summed E-state index contributed by atoms with van der Waals surface area (Å²) < 4.78 is 7.12. The minimum Gasteiger partial charge on any atom is -0.493 e. The van der Waals surface area contributed by atoms with Gasteiger partial charge >= 0.3 is 0 Å². The smallest absolute Gasteiger partial charge is 0.227 e. The number of hydrogen-bond acceptors (Lipinski definition) is 3. The standard InChI is InChI=1S/C27H32BrClN2O3/c28-24-7-3-2-6-21(24)18-25(32)31-16-12-27(13-17-31,19-26(33)30-14-4-1-5-15-30)20-34-23-10-8-22(29)9-11-23/h2-3,6-11H,1,4-5,12-20H2. The minimum absolute atomic E-state index is 0.126. The number of hydrogen-bond donors (Lipinski definition) is 0. The van der Waals surface area contributed by atoms with Crippen LogP contribution in [0.15, 0.2) is 53.0 Å². The fourth-order valence-corrected chi connectivity index (χ4v) is 5.41. The third-order valence-electron chi connectivity index (χ3n) is 7.07. The van der Waals surface area contributed by atoms with E-state index in [0.717, 1.165) is 54.6 Å². The van der Waals surface area contributed by atoms with Crippen molar-refractivity contribution in [3.05, 3.63) is 63.6 Å². The number of carbonyl (C=O) groups is 2. The zero-order valence-electron chi connectivity index (χ0n) is 19.5. The predicted molar refractivity (Wildman–Crippen MR) is 138 cm³/mol. The molecule has 5 nitrogen and oxygen atoms in total. The van der Waals surface area contributed by atoms with Gasteiger partial charge in [0, 0.05) is 47.5 Å². The summed E-state index contributed by atoms with van der Waals surface area (Å²) >= 11 is 9.55. The Morgan fingerprint density at radius 2 is 1.53 bits per heavy atom. The number of nitrogens with zero attached hydrogens (tertiary/aromatic N) is 2. The monoisotopic (exact) mass is 546 g/mol. The van der Waals surface area contributed by atoms with Gasteiger partial charge in [0.1, 0.15) is 5.75 Å². The summed E-state index contributed by atoms with van der Waals surface area (Å²) in [5.41, 5.74) is 0.717. The number of halogens is 2. The van der Waals surface area contributed by atoms with Gasteiger partial charge in [-0.25, -0.2) is 0 Å². The van der Waals surface area contributed by atoms with Gasteiger partial charge in [0.2, 0.25) is 11.8 Å². The van der Waals surface area contributed by atoms with Crippen LogP contribution in [-0.2, 0) is 16.0 Å². The Morgan fingerprint density at radius 1 is 0.882 bits per heavy atom. The second kappa shape index (κ2) is 11.6. The highest BCUT2D eigenvalue weighted by Gasteiger charge is 2.39. The molecule has 2 aromatic rings. The van der Waals surface area contributed by atoms with Crippen molar-refractivity contribution in [3.8, 4) is 5.75 Å². The molecule has 2 heterocycles. The third-order valence-corrected chi connectivity index (χ3v) is 8.10. The number of benzene rings is 2. The Labute approximate surface area is 215 Å². The average Bonchev–Trinajstić information content (AvgIpc) is 2.86. The molecule has 0 aromatic heterocycles. The zero-order valence-corrected chi connectivity index (χ0v) is 21.8. The van der Waals surface area contributed by atoms with Crippen molar-refractivity contribution in [2.75, 3.05) is 32.8 Å². The first kappa shape index (κ1) is 25.1. The summed E-state index contributed by atoms with van der Waals surface area (Å²) in [6, 6.07) is 15.2. The van der Waals surface area contributed by atoms with Gasteiger partial charge in [-0.2, -0.15) is 0 Å². The molecule has 0 unspecified atom stereocenters. The molecule has 0 radical (unpaired) electrons. The molecule has 2 aromatic carbocycles. The Balaban J connectivity index is 1.41. The number of piperidine rings is 2. The maximum Gasteiger partial charge on any atom is 0.227 e. The van der Waals surface area contributed by atoms with E-state index in [1.807, 2.05) is 58.3 Å². The topological polar surface area (TPSA) is 49.9 Å². The first-order chi connectivity index (χ1) is 16.4. The van der Waals surface area contributed by atoms with Crippen LogP contribution in [-0.4, -0.2) is 54.4 Å². The van der Waals surface area contributed by atoms with Crippen LogP contribution in [0.4, 0.5) is 0 Å². The molecular formula is C27H32BrClN2O3. The first-order valence-corrected chi connectivity index (χ1v) is 13.3. The van der Waals surface area contributed by atoms with Crippen LogP contribution in [0.25, 0.3) is 0 Å². The Morgan fingerprint density at radius 3 is 2.21 bits per heavy atom. The number of rotatable bonds is 7. The Hall–Kier alpha value is -2.05.